The lowest BCUT2D eigenvalue weighted by atomic mass is 10.1. The third kappa shape index (κ3) is 2.95. The lowest BCUT2D eigenvalue weighted by Crippen LogP contribution is -2.12. The zero-order valence-electron chi connectivity index (χ0n) is 11.8. The van der Waals surface area contributed by atoms with Gasteiger partial charge in [-0.25, -0.2) is 13.6 Å². The van der Waals surface area contributed by atoms with Crippen molar-refractivity contribution in [3.05, 3.63) is 72.3 Å². The summed E-state index contributed by atoms with van der Waals surface area (Å²) in [5, 5.41) is 6.56. The van der Waals surface area contributed by atoms with Gasteiger partial charge in [0.1, 0.15) is 12.4 Å². The van der Waals surface area contributed by atoms with Crippen LogP contribution < -0.4 is 9.88 Å². The highest BCUT2D eigenvalue weighted by Crippen LogP contribution is 2.30. The predicted molar refractivity (Wildman–Crippen MR) is 86.1 cm³/mol. The van der Waals surface area contributed by atoms with Crippen LogP contribution in [0.15, 0.2) is 71.6 Å². The molecule has 5 heteroatoms. The molecule has 0 saturated heterocycles. The number of benzene rings is 3. The summed E-state index contributed by atoms with van der Waals surface area (Å²) in [4.78, 5) is 0.107. The van der Waals surface area contributed by atoms with Gasteiger partial charge in [-0.2, -0.15) is 0 Å². The fraction of sp³-hybridized carbons (Fsp3) is 0.0588. The molecule has 0 fully saturated rings. The molecule has 0 radical (unpaired) electrons. The molecule has 3 aromatic rings. The number of sulfonamides is 1. The first-order chi connectivity index (χ1) is 10.6. The average molecular weight is 313 g/mol. The van der Waals surface area contributed by atoms with E-state index in [0.717, 1.165) is 10.9 Å². The van der Waals surface area contributed by atoms with Crippen LogP contribution in [0.3, 0.4) is 0 Å². The summed E-state index contributed by atoms with van der Waals surface area (Å²) in [5.41, 5.74) is 1.04. The minimum atomic E-state index is -3.77. The van der Waals surface area contributed by atoms with Crippen LogP contribution in [0.4, 0.5) is 0 Å². The third-order valence-corrected chi connectivity index (χ3v) is 4.36. The Morgan fingerprint density at radius 2 is 1.45 bits per heavy atom. The van der Waals surface area contributed by atoms with Gasteiger partial charge in [0.2, 0.25) is 10.0 Å². The smallest absolute Gasteiger partial charge is 0.238 e. The van der Waals surface area contributed by atoms with E-state index in [9.17, 15) is 8.42 Å². The van der Waals surface area contributed by atoms with E-state index in [4.69, 9.17) is 9.88 Å². The van der Waals surface area contributed by atoms with Crippen LogP contribution in [0.5, 0.6) is 5.75 Å². The SMILES string of the molecule is NS(=O)(=O)c1ccc(OCc2ccccc2)c2ccccc12. The van der Waals surface area contributed by atoms with E-state index in [1.54, 1.807) is 18.2 Å². The first-order valence-corrected chi connectivity index (χ1v) is 8.31. The normalized spacial score (nSPS) is 11.5. The molecule has 0 aliphatic carbocycles. The van der Waals surface area contributed by atoms with E-state index < -0.39 is 10.0 Å². The summed E-state index contributed by atoms with van der Waals surface area (Å²) in [6, 6.07) is 20.1. The van der Waals surface area contributed by atoms with Crippen molar-refractivity contribution in [3.8, 4) is 5.75 Å². The number of rotatable bonds is 4. The van der Waals surface area contributed by atoms with E-state index in [2.05, 4.69) is 0 Å². The van der Waals surface area contributed by atoms with Crippen molar-refractivity contribution in [2.75, 3.05) is 0 Å². The average Bonchev–Trinajstić information content (AvgIpc) is 2.52. The van der Waals surface area contributed by atoms with E-state index in [1.165, 1.54) is 6.07 Å². The van der Waals surface area contributed by atoms with Gasteiger partial charge < -0.3 is 4.74 Å². The Hall–Kier alpha value is -2.37. The molecular weight excluding hydrogens is 298 g/mol. The lowest BCUT2D eigenvalue weighted by Gasteiger charge is -2.11. The highest BCUT2D eigenvalue weighted by Gasteiger charge is 2.14. The summed E-state index contributed by atoms with van der Waals surface area (Å²) in [7, 11) is -3.77. The fourth-order valence-electron chi connectivity index (χ4n) is 2.35. The van der Waals surface area contributed by atoms with Gasteiger partial charge in [-0.3, -0.25) is 0 Å². The van der Waals surface area contributed by atoms with E-state index in [0.29, 0.717) is 17.7 Å². The highest BCUT2D eigenvalue weighted by atomic mass is 32.2. The molecule has 0 aromatic heterocycles. The topological polar surface area (TPSA) is 69.4 Å². The Balaban J connectivity index is 2.01. The number of ether oxygens (including phenoxy) is 1. The fourth-order valence-corrected chi connectivity index (χ4v) is 3.10. The van der Waals surface area contributed by atoms with Crippen molar-refractivity contribution >= 4 is 20.8 Å². The predicted octanol–water partition coefficient (Wildman–Crippen LogP) is 3.07. The first-order valence-electron chi connectivity index (χ1n) is 6.77. The Morgan fingerprint density at radius 1 is 0.818 bits per heavy atom. The molecular formula is C17H15NO3S. The molecule has 0 spiro atoms. The molecule has 0 unspecified atom stereocenters. The summed E-state index contributed by atoms with van der Waals surface area (Å²) >= 11 is 0. The van der Waals surface area contributed by atoms with Crippen molar-refractivity contribution in [2.24, 2.45) is 5.14 Å². The summed E-state index contributed by atoms with van der Waals surface area (Å²) < 4.78 is 29.2. The zero-order valence-corrected chi connectivity index (χ0v) is 12.6. The van der Waals surface area contributed by atoms with E-state index in [-0.39, 0.29) is 4.90 Å². The van der Waals surface area contributed by atoms with Gasteiger partial charge in [-0.1, -0.05) is 54.6 Å². The number of hydrogen-bond donors (Lipinski definition) is 1. The van der Waals surface area contributed by atoms with Crippen molar-refractivity contribution in [2.45, 2.75) is 11.5 Å². The number of primary sulfonamides is 1. The van der Waals surface area contributed by atoms with Crippen LogP contribution in [-0.4, -0.2) is 8.42 Å². The van der Waals surface area contributed by atoms with Gasteiger partial charge in [0.05, 0.1) is 4.90 Å². The van der Waals surface area contributed by atoms with Crippen LogP contribution in [0.1, 0.15) is 5.56 Å². The van der Waals surface area contributed by atoms with Gasteiger partial charge in [-0.15, -0.1) is 0 Å². The Morgan fingerprint density at radius 3 is 2.14 bits per heavy atom. The standard InChI is InChI=1S/C17H15NO3S/c18-22(19,20)17-11-10-16(14-8-4-5-9-15(14)17)21-12-13-6-2-1-3-7-13/h1-11H,12H2,(H2,18,19,20). The first kappa shape index (κ1) is 14.6. The zero-order chi connectivity index (χ0) is 15.6. The number of nitrogens with two attached hydrogens (primary N) is 1. The molecule has 0 bridgehead atoms. The lowest BCUT2D eigenvalue weighted by molar-refractivity contribution is 0.310. The molecule has 0 amide bonds. The van der Waals surface area contributed by atoms with Crippen LogP contribution in [0.25, 0.3) is 10.8 Å². The third-order valence-electron chi connectivity index (χ3n) is 3.39. The molecule has 0 saturated carbocycles. The monoisotopic (exact) mass is 313 g/mol. The van der Waals surface area contributed by atoms with E-state index in [1.807, 2.05) is 42.5 Å². The van der Waals surface area contributed by atoms with Crippen LogP contribution in [-0.2, 0) is 16.6 Å². The second-order valence-electron chi connectivity index (χ2n) is 4.93. The van der Waals surface area contributed by atoms with Crippen LogP contribution >= 0.6 is 0 Å². The maximum atomic E-state index is 11.7. The van der Waals surface area contributed by atoms with Crippen molar-refractivity contribution in [1.82, 2.24) is 0 Å². The quantitative estimate of drug-likeness (QED) is 0.805. The number of fused-ring (bicyclic) bond motifs is 1. The number of hydrogen-bond acceptors (Lipinski definition) is 3. The summed E-state index contributed by atoms with van der Waals surface area (Å²) in [6.45, 7) is 0.416. The van der Waals surface area contributed by atoms with Crippen LogP contribution in [0, 0.1) is 0 Å². The molecule has 22 heavy (non-hydrogen) atoms. The highest BCUT2D eigenvalue weighted by molar-refractivity contribution is 7.89. The molecule has 0 atom stereocenters. The maximum absolute atomic E-state index is 11.7. The van der Waals surface area contributed by atoms with E-state index >= 15 is 0 Å². The minimum absolute atomic E-state index is 0.107. The van der Waals surface area contributed by atoms with Gasteiger partial charge in [0.25, 0.3) is 0 Å². The molecule has 0 heterocycles. The second kappa shape index (κ2) is 5.79. The second-order valence-corrected chi connectivity index (χ2v) is 6.46. The Kier molecular flexibility index (Phi) is 3.83. The molecule has 2 N–H and O–H groups in total. The Labute approximate surface area is 129 Å². The van der Waals surface area contributed by atoms with Crippen molar-refractivity contribution in [3.63, 3.8) is 0 Å². The molecule has 112 valence electrons. The molecule has 3 aromatic carbocycles. The van der Waals surface area contributed by atoms with Crippen LogP contribution in [0.2, 0.25) is 0 Å². The van der Waals surface area contributed by atoms with Gasteiger partial charge in [0, 0.05) is 10.8 Å². The van der Waals surface area contributed by atoms with Gasteiger partial charge >= 0.3 is 0 Å². The maximum Gasteiger partial charge on any atom is 0.238 e. The largest absolute Gasteiger partial charge is 0.488 e. The van der Waals surface area contributed by atoms with Crippen molar-refractivity contribution in [1.29, 1.82) is 0 Å². The minimum Gasteiger partial charge on any atom is -0.488 e. The molecule has 0 aliphatic rings. The van der Waals surface area contributed by atoms with Crippen molar-refractivity contribution < 1.29 is 13.2 Å². The van der Waals surface area contributed by atoms with Gasteiger partial charge in [0.15, 0.2) is 0 Å². The van der Waals surface area contributed by atoms with Gasteiger partial charge in [-0.05, 0) is 17.7 Å². The summed E-state index contributed by atoms with van der Waals surface area (Å²) in [6.07, 6.45) is 0. The molecule has 3 rings (SSSR count). The Bertz CT molecular complexity index is 906. The summed E-state index contributed by atoms with van der Waals surface area (Å²) in [5.74, 6) is 0.631. The molecule has 0 aliphatic heterocycles. The molecule has 4 nitrogen and oxygen atoms in total.